The highest BCUT2D eigenvalue weighted by atomic mass is 32.1. The van der Waals surface area contributed by atoms with Crippen LogP contribution in [0.15, 0.2) is 24.3 Å². The van der Waals surface area contributed by atoms with Crippen molar-refractivity contribution in [1.82, 2.24) is 15.1 Å². The Hall–Kier alpha value is -2.32. The van der Waals surface area contributed by atoms with E-state index in [9.17, 15) is 9.59 Å². The van der Waals surface area contributed by atoms with Crippen LogP contribution in [0, 0.1) is 6.92 Å². The van der Waals surface area contributed by atoms with Crippen LogP contribution in [0.4, 0.5) is 5.69 Å². The van der Waals surface area contributed by atoms with Crippen LogP contribution in [-0.4, -0.2) is 53.7 Å². The zero-order chi connectivity index (χ0) is 18.5. The average molecular weight is 374 g/mol. The number of hydrogen-bond donors (Lipinski definition) is 1. The summed E-state index contributed by atoms with van der Waals surface area (Å²) in [7, 11) is 1.52. The van der Waals surface area contributed by atoms with Gasteiger partial charge in [0.1, 0.15) is 11.6 Å². The molecule has 1 aromatic carbocycles. The van der Waals surface area contributed by atoms with E-state index in [1.807, 2.05) is 31.2 Å². The molecule has 3 rings (SSSR count). The fraction of sp³-hybridized carbons (Fsp3) is 0.444. The third-order valence-electron chi connectivity index (χ3n) is 4.34. The molecule has 2 heterocycles. The average Bonchev–Trinajstić information content (AvgIpc) is 3.14. The summed E-state index contributed by atoms with van der Waals surface area (Å²) in [6.07, 6.45) is 1.84. The van der Waals surface area contributed by atoms with Gasteiger partial charge in [0.25, 0.3) is 5.91 Å². The predicted molar refractivity (Wildman–Crippen MR) is 99.5 cm³/mol. The molecule has 1 aliphatic rings. The van der Waals surface area contributed by atoms with Gasteiger partial charge in [-0.05, 0) is 31.9 Å². The Balaban J connectivity index is 1.64. The van der Waals surface area contributed by atoms with Gasteiger partial charge in [-0.3, -0.25) is 9.59 Å². The maximum atomic E-state index is 12.4. The minimum atomic E-state index is -0.263. The number of aromatic nitrogens is 2. The molecule has 0 aliphatic carbocycles. The van der Waals surface area contributed by atoms with Crippen LogP contribution in [0.2, 0.25) is 0 Å². The molecule has 8 heteroatoms. The Kier molecular flexibility index (Phi) is 5.95. The summed E-state index contributed by atoms with van der Waals surface area (Å²) in [4.78, 5) is 26.2. The topological polar surface area (TPSA) is 84.4 Å². The largest absolute Gasteiger partial charge is 0.375 e. The van der Waals surface area contributed by atoms with E-state index in [0.29, 0.717) is 11.6 Å². The molecule has 0 spiro atoms. The molecular weight excluding hydrogens is 352 g/mol. The van der Waals surface area contributed by atoms with Crippen LogP contribution in [0.25, 0.3) is 0 Å². The van der Waals surface area contributed by atoms with Crippen LogP contribution >= 0.6 is 11.3 Å². The normalized spacial score (nSPS) is 17.2. The van der Waals surface area contributed by atoms with Gasteiger partial charge in [-0.1, -0.05) is 29.0 Å². The van der Waals surface area contributed by atoms with E-state index in [1.165, 1.54) is 18.4 Å². The van der Waals surface area contributed by atoms with Crippen molar-refractivity contribution in [2.75, 3.05) is 32.1 Å². The van der Waals surface area contributed by atoms with E-state index >= 15 is 0 Å². The van der Waals surface area contributed by atoms with Crippen LogP contribution in [0.1, 0.15) is 39.1 Å². The van der Waals surface area contributed by atoms with Gasteiger partial charge in [0.2, 0.25) is 10.9 Å². The highest BCUT2D eigenvalue weighted by molar-refractivity contribution is 7.13. The van der Waals surface area contributed by atoms with E-state index in [1.54, 1.807) is 4.90 Å². The highest BCUT2D eigenvalue weighted by Gasteiger charge is 2.27. The minimum absolute atomic E-state index is 0.0148. The van der Waals surface area contributed by atoms with Crippen LogP contribution < -0.4 is 5.32 Å². The Bertz CT molecular complexity index is 775. The van der Waals surface area contributed by atoms with Gasteiger partial charge >= 0.3 is 0 Å². The van der Waals surface area contributed by atoms with Crippen LogP contribution in [0.5, 0.6) is 0 Å². The zero-order valence-electron chi connectivity index (χ0n) is 14.9. The summed E-state index contributed by atoms with van der Waals surface area (Å²) in [6.45, 7) is 3.41. The van der Waals surface area contributed by atoms with Crippen LogP contribution in [0.3, 0.4) is 0 Å². The molecule has 7 nitrogen and oxygen atoms in total. The van der Waals surface area contributed by atoms with Gasteiger partial charge in [-0.2, -0.15) is 0 Å². The van der Waals surface area contributed by atoms with E-state index in [2.05, 4.69) is 15.5 Å². The fourth-order valence-corrected chi connectivity index (χ4v) is 3.80. The molecule has 1 aromatic heterocycles. The lowest BCUT2D eigenvalue weighted by Crippen LogP contribution is -2.40. The van der Waals surface area contributed by atoms with E-state index in [0.717, 1.165) is 35.6 Å². The number of nitrogens with zero attached hydrogens (tertiary/aromatic N) is 3. The molecule has 2 amide bonds. The van der Waals surface area contributed by atoms with Crippen molar-refractivity contribution in [3.05, 3.63) is 39.8 Å². The number of amides is 2. The molecule has 2 aromatic rings. The molecule has 1 N–H and O–H groups in total. The molecular formula is C18H22N4O3S. The standard InChI is InChI=1S/C18H22N4O3S/c1-12-5-7-14(8-6-12)19-16(24)18-21-20-17(26-18)13-4-3-9-22(10-13)15(23)11-25-2/h5-8,13H,3-4,9-11H2,1-2H3,(H,19,24)/t13-/m0/s1. The van der Waals surface area contributed by atoms with Crippen molar-refractivity contribution in [3.8, 4) is 0 Å². The summed E-state index contributed by atoms with van der Waals surface area (Å²) < 4.78 is 4.93. The summed E-state index contributed by atoms with van der Waals surface area (Å²) in [5.74, 6) is -0.164. The molecule has 1 aliphatic heterocycles. The number of rotatable bonds is 5. The quantitative estimate of drug-likeness (QED) is 0.869. The first-order valence-electron chi connectivity index (χ1n) is 8.55. The third-order valence-corrected chi connectivity index (χ3v) is 5.42. The van der Waals surface area contributed by atoms with Crippen molar-refractivity contribution in [2.45, 2.75) is 25.7 Å². The van der Waals surface area contributed by atoms with Gasteiger partial charge in [0, 0.05) is 31.8 Å². The highest BCUT2D eigenvalue weighted by Crippen LogP contribution is 2.29. The number of anilines is 1. The first-order chi connectivity index (χ1) is 12.6. The number of hydrogen-bond acceptors (Lipinski definition) is 6. The van der Waals surface area contributed by atoms with Crippen molar-refractivity contribution in [2.24, 2.45) is 0 Å². The molecule has 0 saturated carbocycles. The van der Waals surface area contributed by atoms with Crippen molar-refractivity contribution in [3.63, 3.8) is 0 Å². The summed E-state index contributed by atoms with van der Waals surface area (Å²) in [6, 6.07) is 7.59. The Labute approximate surface area is 156 Å². The maximum absolute atomic E-state index is 12.4. The van der Waals surface area contributed by atoms with Crippen molar-refractivity contribution >= 4 is 28.8 Å². The predicted octanol–water partition coefficient (Wildman–Crippen LogP) is 2.45. The van der Waals surface area contributed by atoms with Crippen molar-refractivity contribution in [1.29, 1.82) is 0 Å². The number of piperidine rings is 1. The van der Waals surface area contributed by atoms with Gasteiger partial charge in [-0.15, -0.1) is 10.2 Å². The van der Waals surface area contributed by atoms with Gasteiger partial charge in [0.15, 0.2) is 0 Å². The maximum Gasteiger partial charge on any atom is 0.286 e. The number of benzene rings is 1. The lowest BCUT2D eigenvalue weighted by molar-refractivity contribution is -0.136. The SMILES string of the molecule is COCC(=O)N1CCC[C@H](c2nnc(C(=O)Nc3ccc(C)cc3)s2)C1. The Morgan fingerprint density at radius 3 is 2.81 bits per heavy atom. The number of carbonyl (C=O) groups excluding carboxylic acids is 2. The smallest absolute Gasteiger partial charge is 0.286 e. The van der Waals surface area contributed by atoms with Gasteiger partial charge < -0.3 is 15.0 Å². The first kappa shape index (κ1) is 18.5. The van der Waals surface area contributed by atoms with E-state index in [-0.39, 0.29) is 24.3 Å². The number of carbonyl (C=O) groups is 2. The third kappa shape index (κ3) is 4.44. The zero-order valence-corrected chi connectivity index (χ0v) is 15.7. The van der Waals surface area contributed by atoms with E-state index < -0.39 is 0 Å². The lowest BCUT2D eigenvalue weighted by Gasteiger charge is -2.31. The second-order valence-electron chi connectivity index (χ2n) is 6.38. The molecule has 0 radical (unpaired) electrons. The number of likely N-dealkylation sites (tertiary alicyclic amines) is 1. The molecule has 0 unspecified atom stereocenters. The summed E-state index contributed by atoms with van der Waals surface area (Å²) >= 11 is 1.29. The Morgan fingerprint density at radius 2 is 2.08 bits per heavy atom. The fourth-order valence-electron chi connectivity index (χ4n) is 2.93. The van der Waals surface area contributed by atoms with Crippen LogP contribution in [-0.2, 0) is 9.53 Å². The first-order valence-corrected chi connectivity index (χ1v) is 9.36. The number of ether oxygens (including phenoxy) is 1. The monoisotopic (exact) mass is 374 g/mol. The number of nitrogens with one attached hydrogen (secondary N) is 1. The van der Waals surface area contributed by atoms with Gasteiger partial charge in [0.05, 0.1) is 0 Å². The second kappa shape index (κ2) is 8.37. The number of methoxy groups -OCH3 is 1. The second-order valence-corrected chi connectivity index (χ2v) is 7.39. The summed E-state index contributed by atoms with van der Waals surface area (Å²) in [5.41, 5.74) is 1.86. The van der Waals surface area contributed by atoms with Crippen molar-refractivity contribution < 1.29 is 14.3 Å². The molecule has 1 atom stereocenters. The van der Waals surface area contributed by atoms with E-state index in [4.69, 9.17) is 4.74 Å². The van der Waals surface area contributed by atoms with Gasteiger partial charge in [-0.25, -0.2) is 0 Å². The molecule has 138 valence electrons. The molecule has 0 bridgehead atoms. The molecule has 1 fully saturated rings. The minimum Gasteiger partial charge on any atom is -0.375 e. The molecule has 1 saturated heterocycles. The summed E-state index contributed by atoms with van der Waals surface area (Å²) in [5, 5.41) is 12.2. The number of aryl methyl sites for hydroxylation is 1. The molecule has 26 heavy (non-hydrogen) atoms. The lowest BCUT2D eigenvalue weighted by atomic mass is 9.99. The Morgan fingerprint density at radius 1 is 1.31 bits per heavy atom.